The minimum atomic E-state index is -0.559. The number of piperazine rings is 1. The van der Waals surface area contributed by atoms with Crippen molar-refractivity contribution in [3.63, 3.8) is 0 Å². The summed E-state index contributed by atoms with van der Waals surface area (Å²) in [5, 5.41) is 0.889. The van der Waals surface area contributed by atoms with E-state index in [4.69, 9.17) is 22.3 Å². The Bertz CT molecular complexity index is 1830. The molecule has 3 aromatic heterocycles. The van der Waals surface area contributed by atoms with Gasteiger partial charge in [0.15, 0.2) is 0 Å². The Morgan fingerprint density at radius 2 is 2.00 bits per heavy atom. The summed E-state index contributed by atoms with van der Waals surface area (Å²) < 4.78 is 16.8. The highest BCUT2D eigenvalue weighted by Crippen LogP contribution is 2.43. The highest BCUT2D eigenvalue weighted by Gasteiger charge is 2.42. The number of nitrogens with zero attached hydrogens (tertiary/aromatic N) is 5. The predicted octanol–water partition coefficient (Wildman–Crippen LogP) is 5.40. The minimum absolute atomic E-state index is 0.00902. The van der Waals surface area contributed by atoms with E-state index in [0.717, 1.165) is 16.9 Å². The standard InChI is InChI=1S/C32H32ClFN6O2/c1-6-25(41)38-15-19-12-21-30(39(19)14-18(38)5)20-13-22(33)28(26-23(34)8-7-9-24(26)35)37-31(20)40(32(21)42)29-17(4)10-11-36-27(29)16(2)3/h6-11,13,16,18-19H,1,12,14-15,35H2,2-5H3. The Kier molecular flexibility index (Phi) is 6.80. The van der Waals surface area contributed by atoms with Crippen LogP contribution in [-0.2, 0) is 11.2 Å². The van der Waals surface area contributed by atoms with Crippen LogP contribution >= 0.6 is 11.6 Å². The second kappa shape index (κ2) is 10.2. The number of benzene rings is 1. The second-order valence-electron chi connectivity index (χ2n) is 11.4. The van der Waals surface area contributed by atoms with E-state index in [1.54, 1.807) is 27.8 Å². The quantitative estimate of drug-likeness (QED) is 0.254. The molecular weight excluding hydrogens is 555 g/mol. The number of hydrogen-bond donors (Lipinski definition) is 1. The van der Waals surface area contributed by atoms with Gasteiger partial charge in [-0.2, -0.15) is 0 Å². The van der Waals surface area contributed by atoms with Crippen LogP contribution in [0, 0.1) is 12.7 Å². The van der Waals surface area contributed by atoms with Gasteiger partial charge >= 0.3 is 0 Å². The molecule has 0 radical (unpaired) electrons. The van der Waals surface area contributed by atoms with E-state index in [-0.39, 0.29) is 51.4 Å². The van der Waals surface area contributed by atoms with Crippen molar-refractivity contribution in [3.8, 4) is 16.9 Å². The van der Waals surface area contributed by atoms with Crippen LogP contribution in [0.1, 0.15) is 43.5 Å². The zero-order chi connectivity index (χ0) is 30.0. The molecular formula is C32H32ClFN6O2. The summed E-state index contributed by atoms with van der Waals surface area (Å²) in [6, 6.07) is 7.84. The molecule has 1 saturated heterocycles. The van der Waals surface area contributed by atoms with E-state index in [1.807, 2.05) is 33.8 Å². The Morgan fingerprint density at radius 3 is 2.69 bits per heavy atom. The number of aryl methyl sites for hydroxylation is 1. The highest BCUT2D eigenvalue weighted by atomic mass is 35.5. The van der Waals surface area contributed by atoms with Gasteiger partial charge in [-0.15, -0.1) is 0 Å². The lowest BCUT2D eigenvalue weighted by Gasteiger charge is -2.43. The first-order valence-corrected chi connectivity index (χ1v) is 14.4. The zero-order valence-electron chi connectivity index (χ0n) is 24.0. The molecule has 1 fully saturated rings. The summed E-state index contributed by atoms with van der Waals surface area (Å²) in [4.78, 5) is 40.8. The Hall–Kier alpha value is -4.24. The fraction of sp³-hybridized carbons (Fsp3) is 0.312. The van der Waals surface area contributed by atoms with E-state index in [2.05, 4.69) is 16.5 Å². The van der Waals surface area contributed by atoms with Crippen molar-refractivity contribution in [2.24, 2.45) is 0 Å². The summed E-state index contributed by atoms with van der Waals surface area (Å²) in [6.07, 6.45) is 3.51. The van der Waals surface area contributed by atoms with Gasteiger partial charge in [-0.1, -0.05) is 38.1 Å². The molecule has 0 spiro atoms. The van der Waals surface area contributed by atoms with Crippen LogP contribution < -0.4 is 16.2 Å². The maximum absolute atomic E-state index is 15.2. The summed E-state index contributed by atoms with van der Waals surface area (Å²) in [6.45, 7) is 12.6. The molecule has 2 N–H and O–H groups in total. The summed E-state index contributed by atoms with van der Waals surface area (Å²) in [7, 11) is 0. The topological polar surface area (TPSA) is 97.4 Å². The third-order valence-corrected chi connectivity index (χ3v) is 8.69. The van der Waals surface area contributed by atoms with Gasteiger partial charge in [0.1, 0.15) is 11.5 Å². The number of carbonyl (C=O) groups is 1. The molecule has 8 nitrogen and oxygen atoms in total. The van der Waals surface area contributed by atoms with E-state index in [1.165, 1.54) is 18.2 Å². The number of amides is 1. The van der Waals surface area contributed by atoms with Crippen LogP contribution in [0.25, 0.3) is 28.0 Å². The molecule has 10 heteroatoms. The number of hydrogen-bond acceptors (Lipinski definition) is 6. The number of pyridine rings is 3. The van der Waals surface area contributed by atoms with Gasteiger partial charge in [0.2, 0.25) is 5.91 Å². The van der Waals surface area contributed by atoms with Gasteiger partial charge in [-0.05, 0) is 55.7 Å². The molecule has 0 saturated carbocycles. The number of fused-ring (bicyclic) bond motifs is 5. The average Bonchev–Trinajstić information content (AvgIpc) is 3.32. The van der Waals surface area contributed by atoms with Gasteiger partial charge in [0, 0.05) is 48.4 Å². The lowest BCUT2D eigenvalue weighted by Crippen LogP contribution is -2.57. The molecule has 2 unspecified atom stereocenters. The number of halogens is 2. The smallest absolute Gasteiger partial charge is 0.262 e. The normalized spacial score (nSPS) is 18.0. The van der Waals surface area contributed by atoms with Crippen LogP contribution in [0.2, 0.25) is 5.02 Å². The molecule has 6 rings (SSSR count). The first-order valence-electron chi connectivity index (χ1n) is 14.0. The van der Waals surface area contributed by atoms with Crippen molar-refractivity contribution >= 4 is 39.9 Å². The lowest BCUT2D eigenvalue weighted by atomic mass is 10.0. The third kappa shape index (κ3) is 4.17. The first kappa shape index (κ1) is 27.9. The average molecular weight is 587 g/mol. The van der Waals surface area contributed by atoms with Crippen molar-refractivity contribution < 1.29 is 9.18 Å². The molecule has 0 bridgehead atoms. The SMILES string of the molecule is C=CC(=O)N1CC2Cc3c(c4cc(Cl)c(-c5c(N)cccc5F)nc4n(-c4c(C)ccnc4C(C)C)c3=O)N2CC1C. The zero-order valence-corrected chi connectivity index (χ0v) is 24.7. The van der Waals surface area contributed by atoms with Gasteiger partial charge in [0.25, 0.3) is 5.56 Å². The number of nitrogen functional groups attached to an aromatic ring is 1. The molecule has 216 valence electrons. The summed E-state index contributed by atoms with van der Waals surface area (Å²) in [5.74, 6) is -0.685. The number of carbonyl (C=O) groups excluding carboxylic acids is 1. The van der Waals surface area contributed by atoms with Crippen LogP contribution in [0.4, 0.5) is 15.8 Å². The van der Waals surface area contributed by atoms with E-state index in [9.17, 15) is 9.59 Å². The second-order valence-corrected chi connectivity index (χ2v) is 11.8. The van der Waals surface area contributed by atoms with E-state index >= 15 is 4.39 Å². The van der Waals surface area contributed by atoms with Gasteiger partial charge in [-0.25, -0.2) is 9.37 Å². The van der Waals surface area contributed by atoms with Crippen LogP contribution in [0.3, 0.4) is 0 Å². The fourth-order valence-electron chi connectivity index (χ4n) is 6.44. The maximum Gasteiger partial charge on any atom is 0.262 e. The monoisotopic (exact) mass is 586 g/mol. The molecule has 4 aromatic rings. The predicted molar refractivity (Wildman–Crippen MR) is 165 cm³/mol. The van der Waals surface area contributed by atoms with E-state index < -0.39 is 5.82 Å². The van der Waals surface area contributed by atoms with Gasteiger partial charge in [0.05, 0.1) is 39.4 Å². The molecule has 0 aliphatic carbocycles. The molecule has 2 atom stereocenters. The van der Waals surface area contributed by atoms with E-state index in [0.29, 0.717) is 41.8 Å². The Labute approximate surface area is 248 Å². The Balaban J connectivity index is 1.70. The number of anilines is 2. The Morgan fingerprint density at radius 1 is 1.24 bits per heavy atom. The third-order valence-electron chi connectivity index (χ3n) is 8.40. The summed E-state index contributed by atoms with van der Waals surface area (Å²) >= 11 is 6.85. The van der Waals surface area contributed by atoms with Crippen LogP contribution in [0.15, 0.2) is 54.0 Å². The largest absolute Gasteiger partial charge is 0.398 e. The molecule has 2 aliphatic rings. The van der Waals surface area contributed by atoms with Gasteiger partial charge < -0.3 is 15.5 Å². The first-order chi connectivity index (χ1) is 20.0. The number of aromatic nitrogens is 3. The highest BCUT2D eigenvalue weighted by molar-refractivity contribution is 6.34. The lowest BCUT2D eigenvalue weighted by molar-refractivity contribution is -0.128. The maximum atomic E-state index is 15.2. The van der Waals surface area contributed by atoms with Crippen molar-refractivity contribution in [2.75, 3.05) is 23.7 Å². The number of rotatable bonds is 4. The molecule has 2 aliphatic heterocycles. The minimum Gasteiger partial charge on any atom is -0.398 e. The van der Waals surface area contributed by atoms with Crippen molar-refractivity contribution in [2.45, 2.75) is 52.1 Å². The van der Waals surface area contributed by atoms with Crippen LogP contribution in [-0.4, -0.2) is 50.5 Å². The molecule has 1 amide bonds. The van der Waals surface area contributed by atoms with Gasteiger partial charge in [-0.3, -0.25) is 19.1 Å². The molecule has 5 heterocycles. The van der Waals surface area contributed by atoms with Crippen molar-refractivity contribution in [3.05, 3.63) is 87.2 Å². The van der Waals surface area contributed by atoms with Crippen molar-refractivity contribution in [1.82, 2.24) is 19.4 Å². The fourth-order valence-corrected chi connectivity index (χ4v) is 6.68. The number of nitrogens with two attached hydrogens (primary N) is 1. The van der Waals surface area contributed by atoms with Crippen LogP contribution in [0.5, 0.6) is 0 Å². The summed E-state index contributed by atoms with van der Waals surface area (Å²) in [5.41, 5.74) is 10.4. The van der Waals surface area contributed by atoms with Crippen molar-refractivity contribution in [1.29, 1.82) is 0 Å². The molecule has 1 aromatic carbocycles. The molecule has 42 heavy (non-hydrogen) atoms.